The molecule has 1 aromatic rings. The molecule has 3 nitrogen and oxygen atoms in total. The van der Waals surface area contributed by atoms with E-state index in [9.17, 15) is 9.90 Å². The minimum absolute atomic E-state index is 0.0142. The quantitative estimate of drug-likeness (QED) is 0.841. The van der Waals surface area contributed by atoms with Gasteiger partial charge in [-0.2, -0.15) is 0 Å². The molecule has 0 spiro atoms. The molecule has 1 saturated carbocycles. The number of aromatic carboxylic acids is 1. The van der Waals surface area contributed by atoms with Crippen LogP contribution >= 0.6 is 0 Å². The molecule has 0 amide bonds. The summed E-state index contributed by atoms with van der Waals surface area (Å²) >= 11 is 0. The predicted molar refractivity (Wildman–Crippen MR) is 79.2 cm³/mol. The zero-order valence-electron chi connectivity index (χ0n) is 12.5. The Balaban J connectivity index is 2.23. The Hall–Kier alpha value is -1.51. The van der Waals surface area contributed by atoms with Crippen molar-refractivity contribution in [1.82, 2.24) is 0 Å². The maximum atomic E-state index is 11.1. The van der Waals surface area contributed by atoms with Crippen molar-refractivity contribution >= 4 is 5.97 Å². The molecule has 20 heavy (non-hydrogen) atoms. The number of carboxylic acids is 1. The zero-order chi connectivity index (χ0) is 14.9. The molecule has 110 valence electrons. The van der Waals surface area contributed by atoms with Crippen molar-refractivity contribution in [3.8, 4) is 5.75 Å². The maximum absolute atomic E-state index is 11.1. The highest BCUT2D eigenvalue weighted by Crippen LogP contribution is 2.44. The summed E-state index contributed by atoms with van der Waals surface area (Å²) in [4.78, 5) is 11.1. The van der Waals surface area contributed by atoms with E-state index in [4.69, 9.17) is 5.11 Å². The molecular formula is C17H24O3. The Kier molecular flexibility index (Phi) is 4.07. The third-order valence-corrected chi connectivity index (χ3v) is 4.62. The van der Waals surface area contributed by atoms with E-state index < -0.39 is 5.97 Å². The van der Waals surface area contributed by atoms with Gasteiger partial charge in [-0.1, -0.05) is 33.3 Å². The summed E-state index contributed by atoms with van der Waals surface area (Å²) in [7, 11) is 0. The van der Waals surface area contributed by atoms with Crippen molar-refractivity contribution in [2.75, 3.05) is 0 Å². The van der Waals surface area contributed by atoms with Crippen LogP contribution in [0.2, 0.25) is 0 Å². The summed E-state index contributed by atoms with van der Waals surface area (Å²) in [6.45, 7) is 6.83. The maximum Gasteiger partial charge on any atom is 0.339 e. The van der Waals surface area contributed by atoms with E-state index in [0.717, 1.165) is 18.4 Å². The Labute approximate surface area is 120 Å². The second-order valence-electron chi connectivity index (χ2n) is 7.01. The van der Waals surface area contributed by atoms with E-state index in [0.29, 0.717) is 17.3 Å². The van der Waals surface area contributed by atoms with Crippen LogP contribution < -0.4 is 0 Å². The summed E-state index contributed by atoms with van der Waals surface area (Å²) in [6, 6.07) is 5.03. The van der Waals surface area contributed by atoms with E-state index >= 15 is 0 Å². The summed E-state index contributed by atoms with van der Waals surface area (Å²) in [5.41, 5.74) is 1.36. The molecule has 0 heterocycles. The van der Waals surface area contributed by atoms with Gasteiger partial charge in [-0.15, -0.1) is 0 Å². The van der Waals surface area contributed by atoms with Gasteiger partial charge in [0.2, 0.25) is 0 Å². The van der Waals surface area contributed by atoms with Gasteiger partial charge in [-0.05, 0) is 54.2 Å². The van der Waals surface area contributed by atoms with E-state index in [1.807, 2.05) is 6.07 Å². The van der Waals surface area contributed by atoms with Crippen LogP contribution in [0.25, 0.3) is 0 Å². The molecule has 0 radical (unpaired) electrons. The molecule has 1 aromatic carbocycles. The first-order valence-electron chi connectivity index (χ1n) is 7.35. The smallest absolute Gasteiger partial charge is 0.339 e. The molecular weight excluding hydrogens is 252 g/mol. The molecule has 2 rings (SSSR count). The van der Waals surface area contributed by atoms with Gasteiger partial charge in [0, 0.05) is 0 Å². The molecule has 1 fully saturated rings. The van der Waals surface area contributed by atoms with Gasteiger partial charge < -0.3 is 10.2 Å². The average molecular weight is 276 g/mol. The van der Waals surface area contributed by atoms with Gasteiger partial charge in [0.05, 0.1) is 0 Å². The lowest BCUT2D eigenvalue weighted by Gasteiger charge is -2.38. The molecule has 2 unspecified atom stereocenters. The number of benzene rings is 1. The lowest BCUT2D eigenvalue weighted by molar-refractivity contribution is 0.0693. The Morgan fingerprint density at radius 1 is 1.25 bits per heavy atom. The largest absolute Gasteiger partial charge is 0.507 e. The minimum atomic E-state index is -1.06. The lowest BCUT2D eigenvalue weighted by Crippen LogP contribution is -2.26. The van der Waals surface area contributed by atoms with Crippen molar-refractivity contribution in [2.45, 2.75) is 52.4 Å². The standard InChI is InChI=1S/C17H24O3/c1-17(2,3)13-6-4-5-11(9-13)12-7-8-15(18)14(10-12)16(19)20/h7-8,10-11,13,18H,4-6,9H2,1-3H3,(H,19,20). The molecule has 3 heteroatoms. The normalized spacial score (nSPS) is 23.6. The topological polar surface area (TPSA) is 57.5 Å². The van der Waals surface area contributed by atoms with Gasteiger partial charge in [-0.25, -0.2) is 4.79 Å². The highest BCUT2D eigenvalue weighted by atomic mass is 16.4. The highest BCUT2D eigenvalue weighted by Gasteiger charge is 2.31. The second kappa shape index (κ2) is 5.47. The van der Waals surface area contributed by atoms with Crippen molar-refractivity contribution in [1.29, 1.82) is 0 Å². The minimum Gasteiger partial charge on any atom is -0.507 e. The monoisotopic (exact) mass is 276 g/mol. The van der Waals surface area contributed by atoms with E-state index in [2.05, 4.69) is 20.8 Å². The summed E-state index contributed by atoms with van der Waals surface area (Å²) in [5.74, 6) is -0.132. The van der Waals surface area contributed by atoms with Gasteiger partial charge in [0.1, 0.15) is 11.3 Å². The predicted octanol–water partition coefficient (Wildman–Crippen LogP) is 4.41. The molecule has 2 N–H and O–H groups in total. The van der Waals surface area contributed by atoms with Crippen molar-refractivity contribution < 1.29 is 15.0 Å². The fourth-order valence-electron chi connectivity index (χ4n) is 3.26. The number of phenols is 1. The third-order valence-electron chi connectivity index (χ3n) is 4.62. The van der Waals surface area contributed by atoms with Crippen molar-refractivity contribution in [2.24, 2.45) is 11.3 Å². The highest BCUT2D eigenvalue weighted by molar-refractivity contribution is 5.90. The van der Waals surface area contributed by atoms with Crippen LogP contribution in [0.15, 0.2) is 18.2 Å². The van der Waals surface area contributed by atoms with E-state index in [-0.39, 0.29) is 11.3 Å². The van der Waals surface area contributed by atoms with Crippen molar-refractivity contribution in [3.05, 3.63) is 29.3 Å². The molecule has 0 saturated heterocycles. The second-order valence-corrected chi connectivity index (χ2v) is 7.01. The molecule has 1 aliphatic rings. The van der Waals surface area contributed by atoms with Crippen LogP contribution in [0.3, 0.4) is 0 Å². The molecule has 0 bridgehead atoms. The molecule has 0 aliphatic heterocycles. The summed E-state index contributed by atoms with van der Waals surface area (Å²) in [5, 5.41) is 18.7. The number of rotatable bonds is 2. The van der Waals surface area contributed by atoms with Crippen LogP contribution in [0.4, 0.5) is 0 Å². The first-order chi connectivity index (χ1) is 9.29. The van der Waals surface area contributed by atoms with Crippen LogP contribution in [0.5, 0.6) is 5.75 Å². The zero-order valence-corrected chi connectivity index (χ0v) is 12.5. The Morgan fingerprint density at radius 3 is 2.55 bits per heavy atom. The van der Waals surface area contributed by atoms with Crippen molar-refractivity contribution in [3.63, 3.8) is 0 Å². The van der Waals surface area contributed by atoms with Gasteiger partial charge in [0.15, 0.2) is 0 Å². The molecule has 2 atom stereocenters. The van der Waals surface area contributed by atoms with Crippen LogP contribution in [-0.4, -0.2) is 16.2 Å². The molecule has 1 aliphatic carbocycles. The first kappa shape index (κ1) is 14.9. The fraction of sp³-hybridized carbons (Fsp3) is 0.588. The summed E-state index contributed by atoms with van der Waals surface area (Å²) < 4.78 is 0. The number of aromatic hydroxyl groups is 1. The number of carboxylic acid groups (broad SMARTS) is 1. The number of carbonyl (C=O) groups is 1. The number of hydrogen-bond donors (Lipinski definition) is 2. The average Bonchev–Trinajstić information content (AvgIpc) is 2.38. The number of hydrogen-bond acceptors (Lipinski definition) is 2. The van der Waals surface area contributed by atoms with Gasteiger partial charge in [-0.3, -0.25) is 0 Å². The van der Waals surface area contributed by atoms with Crippen LogP contribution in [0.1, 0.15) is 68.3 Å². The van der Waals surface area contributed by atoms with Gasteiger partial charge in [0.25, 0.3) is 0 Å². The van der Waals surface area contributed by atoms with E-state index in [1.54, 1.807) is 6.07 Å². The SMILES string of the molecule is CC(C)(C)C1CCCC(c2ccc(O)c(C(=O)O)c2)C1. The molecule has 0 aromatic heterocycles. The van der Waals surface area contributed by atoms with Crippen LogP contribution in [0, 0.1) is 11.3 Å². The first-order valence-corrected chi connectivity index (χ1v) is 7.35. The Morgan fingerprint density at radius 2 is 1.95 bits per heavy atom. The third kappa shape index (κ3) is 3.14. The Bertz CT molecular complexity index is 499. The van der Waals surface area contributed by atoms with Crippen LogP contribution in [-0.2, 0) is 0 Å². The fourth-order valence-corrected chi connectivity index (χ4v) is 3.26. The van der Waals surface area contributed by atoms with E-state index in [1.165, 1.54) is 18.9 Å². The summed E-state index contributed by atoms with van der Waals surface area (Å²) in [6.07, 6.45) is 4.66. The van der Waals surface area contributed by atoms with Gasteiger partial charge >= 0.3 is 5.97 Å². The lowest BCUT2D eigenvalue weighted by atomic mass is 9.68.